The molecule has 0 spiro atoms. The average Bonchev–Trinajstić information content (AvgIpc) is 3.43. The van der Waals surface area contributed by atoms with Gasteiger partial charge in [-0.3, -0.25) is 9.20 Å². The van der Waals surface area contributed by atoms with Crippen LogP contribution in [0.4, 0.5) is 0 Å². The van der Waals surface area contributed by atoms with Crippen LogP contribution < -0.4 is 4.74 Å². The molecule has 7 heteroatoms. The van der Waals surface area contributed by atoms with Crippen LogP contribution in [0.5, 0.6) is 5.75 Å². The third-order valence-electron chi connectivity index (χ3n) is 5.82. The van der Waals surface area contributed by atoms with Gasteiger partial charge in [0.15, 0.2) is 11.5 Å². The number of hydrogen-bond donors (Lipinski definition) is 0. The van der Waals surface area contributed by atoms with Gasteiger partial charge in [-0.1, -0.05) is 19.9 Å². The maximum atomic E-state index is 13.2. The monoisotopic (exact) mass is 407 g/mol. The van der Waals surface area contributed by atoms with Crippen molar-refractivity contribution in [2.75, 3.05) is 32.8 Å². The lowest BCUT2D eigenvalue weighted by Crippen LogP contribution is -2.31. The van der Waals surface area contributed by atoms with E-state index in [0.29, 0.717) is 12.2 Å². The highest BCUT2D eigenvalue weighted by Gasteiger charge is 2.33. The Bertz CT molecular complexity index is 981. The van der Waals surface area contributed by atoms with E-state index in [1.165, 1.54) is 0 Å². The van der Waals surface area contributed by atoms with Gasteiger partial charge in [-0.2, -0.15) is 0 Å². The molecule has 0 N–H and O–H groups in total. The Morgan fingerprint density at radius 2 is 1.93 bits per heavy atom. The first-order valence-corrected chi connectivity index (χ1v) is 10.8. The Morgan fingerprint density at radius 3 is 2.70 bits per heavy atom. The van der Waals surface area contributed by atoms with Crippen LogP contribution >= 0.6 is 0 Å². The standard InChI is InChI=1S/C23H29N5O2/c1-3-26(4-2)16-17-30-19-12-10-18(11-13-19)23(29)27-15-7-8-20(27)22-25-24-21-9-5-6-14-28(21)22/h5-6,9-14,20H,3-4,7-8,15-17H2,1-2H3. The number of nitrogens with zero attached hydrogens (tertiary/aromatic N) is 5. The maximum Gasteiger partial charge on any atom is 0.254 e. The Labute approximate surface area is 177 Å². The van der Waals surface area contributed by atoms with Crippen molar-refractivity contribution < 1.29 is 9.53 Å². The Hall–Kier alpha value is -2.93. The van der Waals surface area contributed by atoms with E-state index < -0.39 is 0 Å². The lowest BCUT2D eigenvalue weighted by atomic mass is 10.1. The van der Waals surface area contributed by atoms with Crippen molar-refractivity contribution in [3.63, 3.8) is 0 Å². The molecule has 30 heavy (non-hydrogen) atoms. The van der Waals surface area contributed by atoms with Crippen molar-refractivity contribution in [1.82, 2.24) is 24.4 Å². The van der Waals surface area contributed by atoms with Crippen LogP contribution in [0.3, 0.4) is 0 Å². The molecule has 158 valence electrons. The summed E-state index contributed by atoms with van der Waals surface area (Å²) in [5, 5.41) is 8.62. The van der Waals surface area contributed by atoms with Gasteiger partial charge >= 0.3 is 0 Å². The summed E-state index contributed by atoms with van der Waals surface area (Å²) < 4.78 is 7.82. The van der Waals surface area contributed by atoms with Gasteiger partial charge in [0, 0.05) is 24.8 Å². The number of carbonyl (C=O) groups excluding carboxylic acids is 1. The van der Waals surface area contributed by atoms with Crippen LogP contribution in [0.25, 0.3) is 5.65 Å². The summed E-state index contributed by atoms with van der Waals surface area (Å²) in [4.78, 5) is 17.4. The molecule has 4 rings (SSSR count). The molecule has 1 aliphatic rings. The topological polar surface area (TPSA) is 63.0 Å². The zero-order valence-electron chi connectivity index (χ0n) is 17.7. The van der Waals surface area contributed by atoms with Crippen LogP contribution in [-0.4, -0.2) is 63.1 Å². The molecule has 0 aliphatic carbocycles. The number of carbonyl (C=O) groups is 1. The number of amides is 1. The first kappa shape index (κ1) is 20.3. The fourth-order valence-electron chi connectivity index (χ4n) is 4.06. The Balaban J connectivity index is 1.43. The van der Waals surface area contributed by atoms with Crippen LogP contribution in [0.2, 0.25) is 0 Å². The third kappa shape index (κ3) is 4.16. The van der Waals surface area contributed by atoms with Crippen molar-refractivity contribution >= 4 is 11.6 Å². The van der Waals surface area contributed by atoms with E-state index in [1.807, 2.05) is 58.0 Å². The summed E-state index contributed by atoms with van der Waals surface area (Å²) in [7, 11) is 0. The fourth-order valence-corrected chi connectivity index (χ4v) is 4.06. The molecule has 3 heterocycles. The molecule has 2 aromatic heterocycles. The predicted octanol–water partition coefficient (Wildman–Crippen LogP) is 3.43. The van der Waals surface area contributed by atoms with Gasteiger partial charge < -0.3 is 14.5 Å². The van der Waals surface area contributed by atoms with Crippen LogP contribution in [0, 0.1) is 0 Å². The number of ether oxygens (including phenoxy) is 1. The van der Waals surface area contributed by atoms with Crippen molar-refractivity contribution in [3.05, 3.63) is 60.0 Å². The summed E-state index contributed by atoms with van der Waals surface area (Å²) in [6, 6.07) is 13.2. The summed E-state index contributed by atoms with van der Waals surface area (Å²) in [6.45, 7) is 8.61. The lowest BCUT2D eigenvalue weighted by molar-refractivity contribution is 0.0729. The minimum Gasteiger partial charge on any atom is -0.492 e. The van der Waals surface area contributed by atoms with Gasteiger partial charge in [0.1, 0.15) is 12.4 Å². The van der Waals surface area contributed by atoms with Crippen LogP contribution in [0.15, 0.2) is 48.7 Å². The van der Waals surface area contributed by atoms with Crippen molar-refractivity contribution in [2.45, 2.75) is 32.7 Å². The maximum absolute atomic E-state index is 13.2. The Kier molecular flexibility index (Phi) is 6.28. The summed E-state index contributed by atoms with van der Waals surface area (Å²) in [6.07, 6.45) is 3.81. The van der Waals surface area contributed by atoms with Crippen LogP contribution in [-0.2, 0) is 0 Å². The highest BCUT2D eigenvalue weighted by molar-refractivity contribution is 5.94. The van der Waals surface area contributed by atoms with Gasteiger partial charge in [-0.15, -0.1) is 10.2 Å². The second kappa shape index (κ2) is 9.26. The first-order chi connectivity index (χ1) is 14.7. The highest BCUT2D eigenvalue weighted by atomic mass is 16.5. The van der Waals surface area contributed by atoms with Gasteiger partial charge in [0.05, 0.1) is 6.04 Å². The summed E-state index contributed by atoms with van der Waals surface area (Å²) >= 11 is 0. The molecule has 1 atom stereocenters. The predicted molar refractivity (Wildman–Crippen MR) is 116 cm³/mol. The molecule has 0 saturated carbocycles. The molecule has 0 bridgehead atoms. The van der Waals surface area contributed by atoms with E-state index in [2.05, 4.69) is 28.9 Å². The zero-order chi connectivity index (χ0) is 20.9. The van der Waals surface area contributed by atoms with E-state index in [0.717, 1.165) is 56.2 Å². The number of aromatic nitrogens is 3. The number of benzene rings is 1. The van der Waals surface area contributed by atoms with Crippen molar-refractivity contribution in [1.29, 1.82) is 0 Å². The molecule has 1 amide bonds. The van der Waals surface area contributed by atoms with Gasteiger partial charge in [0.2, 0.25) is 0 Å². The molecule has 0 radical (unpaired) electrons. The van der Waals surface area contributed by atoms with E-state index in [1.54, 1.807) is 0 Å². The van der Waals surface area contributed by atoms with Crippen molar-refractivity contribution in [2.24, 2.45) is 0 Å². The molecule has 1 fully saturated rings. The molecular formula is C23H29N5O2. The molecular weight excluding hydrogens is 378 g/mol. The highest BCUT2D eigenvalue weighted by Crippen LogP contribution is 2.32. The van der Waals surface area contributed by atoms with E-state index in [-0.39, 0.29) is 11.9 Å². The number of pyridine rings is 1. The molecule has 7 nitrogen and oxygen atoms in total. The first-order valence-electron chi connectivity index (χ1n) is 10.8. The van der Waals surface area contributed by atoms with Gasteiger partial charge in [-0.25, -0.2) is 0 Å². The second-order valence-corrected chi connectivity index (χ2v) is 7.54. The van der Waals surface area contributed by atoms with Crippen LogP contribution in [0.1, 0.15) is 48.9 Å². The van der Waals surface area contributed by atoms with Crippen molar-refractivity contribution in [3.8, 4) is 5.75 Å². The number of hydrogen-bond acceptors (Lipinski definition) is 5. The molecule has 3 aromatic rings. The minimum absolute atomic E-state index is 0.0277. The fraction of sp³-hybridized carbons (Fsp3) is 0.435. The quantitative estimate of drug-likeness (QED) is 0.573. The van der Waals surface area contributed by atoms with E-state index >= 15 is 0 Å². The Morgan fingerprint density at radius 1 is 1.13 bits per heavy atom. The third-order valence-corrected chi connectivity index (χ3v) is 5.82. The molecule has 1 aromatic carbocycles. The SMILES string of the molecule is CCN(CC)CCOc1ccc(C(=O)N2CCCC2c2nnc3ccccn23)cc1. The van der Waals surface area contributed by atoms with Gasteiger partial charge in [0.25, 0.3) is 5.91 Å². The number of rotatable bonds is 8. The normalized spacial score (nSPS) is 16.5. The largest absolute Gasteiger partial charge is 0.492 e. The molecule has 1 saturated heterocycles. The van der Waals surface area contributed by atoms with E-state index in [4.69, 9.17) is 4.74 Å². The smallest absolute Gasteiger partial charge is 0.254 e. The number of likely N-dealkylation sites (tertiary alicyclic amines) is 1. The summed E-state index contributed by atoms with van der Waals surface area (Å²) in [5.74, 6) is 1.65. The average molecular weight is 408 g/mol. The molecule has 1 unspecified atom stereocenters. The van der Waals surface area contributed by atoms with Gasteiger partial charge in [-0.05, 0) is 62.3 Å². The minimum atomic E-state index is -0.0557. The lowest BCUT2D eigenvalue weighted by Gasteiger charge is -2.23. The number of fused-ring (bicyclic) bond motifs is 1. The zero-order valence-corrected chi connectivity index (χ0v) is 17.7. The number of likely N-dealkylation sites (N-methyl/N-ethyl adjacent to an activating group) is 1. The molecule has 1 aliphatic heterocycles. The van der Waals surface area contributed by atoms with E-state index in [9.17, 15) is 4.79 Å². The summed E-state index contributed by atoms with van der Waals surface area (Å²) in [5.41, 5.74) is 1.48. The second-order valence-electron chi connectivity index (χ2n) is 7.54.